The van der Waals surface area contributed by atoms with Gasteiger partial charge in [-0.1, -0.05) is 30.7 Å². The summed E-state index contributed by atoms with van der Waals surface area (Å²) >= 11 is 0. The molecule has 0 spiro atoms. The van der Waals surface area contributed by atoms with E-state index in [-0.39, 0.29) is 11.9 Å². The monoisotopic (exact) mass is 246 g/mol. The van der Waals surface area contributed by atoms with Crippen LogP contribution in [0.2, 0.25) is 0 Å². The standard InChI is InChI=1S/C15H22N2O/c1-15(2,14(16)18)17-13-10-6-4-8-11-7-3-5-9-12(11)13/h3,5,7,9,13,17H,4,6,8,10H2,1-2H3,(H2,16,18). The van der Waals surface area contributed by atoms with E-state index in [0.717, 1.165) is 12.8 Å². The first-order chi connectivity index (χ1) is 8.50. The topological polar surface area (TPSA) is 55.1 Å². The van der Waals surface area contributed by atoms with Crippen LogP contribution in [0, 0.1) is 0 Å². The van der Waals surface area contributed by atoms with E-state index in [1.54, 1.807) is 0 Å². The molecular formula is C15H22N2O. The number of benzene rings is 1. The molecule has 0 bridgehead atoms. The Morgan fingerprint density at radius 1 is 1.33 bits per heavy atom. The second-order valence-corrected chi connectivity index (χ2v) is 5.63. The Labute approximate surface area is 109 Å². The van der Waals surface area contributed by atoms with E-state index < -0.39 is 5.54 Å². The molecule has 18 heavy (non-hydrogen) atoms. The normalized spacial score (nSPS) is 20.0. The fraction of sp³-hybridized carbons (Fsp3) is 0.533. The number of carbonyl (C=O) groups excluding carboxylic acids is 1. The third kappa shape index (κ3) is 2.72. The SMILES string of the molecule is CC(C)(NC1CCCCc2ccccc21)C(N)=O. The average Bonchev–Trinajstić information content (AvgIpc) is 2.52. The third-order valence-corrected chi connectivity index (χ3v) is 3.77. The highest BCUT2D eigenvalue weighted by Gasteiger charge is 2.29. The van der Waals surface area contributed by atoms with Crippen molar-refractivity contribution < 1.29 is 4.79 Å². The lowest BCUT2D eigenvalue weighted by Gasteiger charge is -2.29. The molecule has 1 aliphatic rings. The van der Waals surface area contributed by atoms with Crippen molar-refractivity contribution >= 4 is 5.91 Å². The van der Waals surface area contributed by atoms with Crippen LogP contribution in [0.4, 0.5) is 0 Å². The average molecular weight is 246 g/mol. The fourth-order valence-electron chi connectivity index (χ4n) is 2.58. The lowest BCUT2D eigenvalue weighted by Crippen LogP contribution is -2.51. The number of aryl methyl sites for hydroxylation is 1. The van der Waals surface area contributed by atoms with Crippen LogP contribution < -0.4 is 11.1 Å². The minimum Gasteiger partial charge on any atom is -0.368 e. The van der Waals surface area contributed by atoms with E-state index >= 15 is 0 Å². The Hall–Kier alpha value is -1.35. The van der Waals surface area contributed by atoms with Gasteiger partial charge in [0, 0.05) is 6.04 Å². The van der Waals surface area contributed by atoms with Gasteiger partial charge in [0.25, 0.3) is 0 Å². The molecule has 1 aliphatic carbocycles. The van der Waals surface area contributed by atoms with Crippen molar-refractivity contribution in [3.05, 3.63) is 35.4 Å². The molecule has 0 radical (unpaired) electrons. The number of carbonyl (C=O) groups is 1. The Kier molecular flexibility index (Phi) is 3.71. The number of primary amides is 1. The summed E-state index contributed by atoms with van der Waals surface area (Å²) < 4.78 is 0. The van der Waals surface area contributed by atoms with Crippen molar-refractivity contribution in [1.82, 2.24) is 5.32 Å². The summed E-state index contributed by atoms with van der Waals surface area (Å²) in [6.07, 6.45) is 4.59. The molecule has 1 atom stereocenters. The summed E-state index contributed by atoms with van der Waals surface area (Å²) in [4.78, 5) is 11.5. The van der Waals surface area contributed by atoms with Gasteiger partial charge >= 0.3 is 0 Å². The van der Waals surface area contributed by atoms with Crippen molar-refractivity contribution in [3.8, 4) is 0 Å². The molecule has 0 heterocycles. The minimum atomic E-state index is -0.665. The van der Waals surface area contributed by atoms with Crippen molar-refractivity contribution in [3.63, 3.8) is 0 Å². The highest BCUT2D eigenvalue weighted by molar-refractivity contribution is 5.83. The molecule has 0 saturated heterocycles. The summed E-state index contributed by atoms with van der Waals surface area (Å²) in [6, 6.07) is 8.73. The number of nitrogens with two attached hydrogens (primary N) is 1. The zero-order valence-corrected chi connectivity index (χ0v) is 11.2. The molecule has 98 valence electrons. The summed E-state index contributed by atoms with van der Waals surface area (Å²) in [5.41, 5.74) is 7.50. The Morgan fingerprint density at radius 3 is 2.78 bits per heavy atom. The van der Waals surface area contributed by atoms with E-state index in [0.29, 0.717) is 0 Å². The van der Waals surface area contributed by atoms with E-state index in [1.165, 1.54) is 24.0 Å². The largest absolute Gasteiger partial charge is 0.368 e. The highest BCUT2D eigenvalue weighted by atomic mass is 16.1. The first kappa shape index (κ1) is 13.1. The van der Waals surface area contributed by atoms with E-state index in [4.69, 9.17) is 5.73 Å². The summed E-state index contributed by atoms with van der Waals surface area (Å²) in [6.45, 7) is 3.70. The molecule has 1 aromatic carbocycles. The van der Waals surface area contributed by atoms with Gasteiger partial charge in [0.1, 0.15) is 0 Å². The van der Waals surface area contributed by atoms with Crippen LogP contribution in [0.1, 0.15) is 50.3 Å². The zero-order chi connectivity index (χ0) is 13.2. The highest BCUT2D eigenvalue weighted by Crippen LogP contribution is 2.30. The van der Waals surface area contributed by atoms with Crippen molar-refractivity contribution in [2.24, 2.45) is 5.73 Å². The van der Waals surface area contributed by atoms with Crippen LogP contribution in [0.15, 0.2) is 24.3 Å². The van der Waals surface area contributed by atoms with Crippen molar-refractivity contribution in [1.29, 1.82) is 0 Å². The molecule has 0 fully saturated rings. The van der Waals surface area contributed by atoms with E-state index in [2.05, 4.69) is 29.6 Å². The number of rotatable bonds is 3. The van der Waals surface area contributed by atoms with Crippen LogP contribution in [-0.2, 0) is 11.2 Å². The lowest BCUT2D eigenvalue weighted by molar-refractivity contribution is -0.123. The maximum absolute atomic E-state index is 11.5. The number of hydrogen-bond acceptors (Lipinski definition) is 2. The molecule has 1 amide bonds. The molecule has 3 heteroatoms. The van der Waals surface area contributed by atoms with Gasteiger partial charge in [-0.2, -0.15) is 0 Å². The fourth-order valence-corrected chi connectivity index (χ4v) is 2.58. The molecule has 0 aliphatic heterocycles. The minimum absolute atomic E-state index is 0.228. The predicted octanol–water partition coefficient (Wildman–Crippen LogP) is 2.31. The number of amides is 1. The predicted molar refractivity (Wildman–Crippen MR) is 73.1 cm³/mol. The summed E-state index contributed by atoms with van der Waals surface area (Å²) in [7, 11) is 0. The zero-order valence-electron chi connectivity index (χ0n) is 11.2. The van der Waals surface area contributed by atoms with Gasteiger partial charge < -0.3 is 5.73 Å². The molecule has 3 nitrogen and oxygen atoms in total. The first-order valence-electron chi connectivity index (χ1n) is 6.66. The van der Waals surface area contributed by atoms with Gasteiger partial charge in [0.2, 0.25) is 5.91 Å². The molecule has 0 aromatic heterocycles. The Balaban J connectivity index is 2.26. The van der Waals surface area contributed by atoms with E-state index in [1.807, 2.05) is 13.8 Å². The molecule has 2 rings (SSSR count). The first-order valence-corrected chi connectivity index (χ1v) is 6.66. The smallest absolute Gasteiger partial charge is 0.237 e. The maximum atomic E-state index is 11.5. The second-order valence-electron chi connectivity index (χ2n) is 5.63. The Bertz CT molecular complexity index is 440. The summed E-state index contributed by atoms with van der Waals surface area (Å²) in [5, 5.41) is 3.42. The molecule has 3 N–H and O–H groups in total. The maximum Gasteiger partial charge on any atom is 0.237 e. The molecular weight excluding hydrogens is 224 g/mol. The lowest BCUT2D eigenvalue weighted by atomic mass is 9.95. The third-order valence-electron chi connectivity index (χ3n) is 3.77. The van der Waals surface area contributed by atoms with Gasteiger partial charge in [-0.15, -0.1) is 0 Å². The van der Waals surface area contributed by atoms with Gasteiger partial charge in [0.05, 0.1) is 5.54 Å². The van der Waals surface area contributed by atoms with Gasteiger partial charge in [-0.3, -0.25) is 10.1 Å². The van der Waals surface area contributed by atoms with Crippen LogP contribution in [-0.4, -0.2) is 11.4 Å². The van der Waals surface area contributed by atoms with Gasteiger partial charge in [0.15, 0.2) is 0 Å². The second kappa shape index (κ2) is 5.11. The van der Waals surface area contributed by atoms with Gasteiger partial charge in [-0.25, -0.2) is 0 Å². The molecule has 1 unspecified atom stereocenters. The van der Waals surface area contributed by atoms with Crippen molar-refractivity contribution in [2.45, 2.75) is 51.1 Å². The molecule has 1 aromatic rings. The number of fused-ring (bicyclic) bond motifs is 1. The van der Waals surface area contributed by atoms with Crippen LogP contribution in [0.25, 0.3) is 0 Å². The van der Waals surface area contributed by atoms with Gasteiger partial charge in [-0.05, 0) is 44.2 Å². The quantitative estimate of drug-likeness (QED) is 0.804. The molecule has 0 saturated carbocycles. The van der Waals surface area contributed by atoms with E-state index in [9.17, 15) is 4.79 Å². The van der Waals surface area contributed by atoms with Crippen molar-refractivity contribution in [2.75, 3.05) is 0 Å². The summed E-state index contributed by atoms with van der Waals surface area (Å²) in [5.74, 6) is -0.302. The van der Waals surface area contributed by atoms with Crippen LogP contribution in [0.3, 0.4) is 0 Å². The Morgan fingerprint density at radius 2 is 2.06 bits per heavy atom. The number of nitrogens with one attached hydrogen (secondary N) is 1. The van der Waals surface area contributed by atoms with Crippen LogP contribution in [0.5, 0.6) is 0 Å². The number of hydrogen-bond donors (Lipinski definition) is 2. The van der Waals surface area contributed by atoms with Crippen LogP contribution >= 0.6 is 0 Å².